The highest BCUT2D eigenvalue weighted by atomic mass is 16.5. The molecule has 0 unspecified atom stereocenters. The molecule has 0 aromatic heterocycles. The number of anilines is 1. The molecule has 2 aliphatic heterocycles. The van der Waals surface area contributed by atoms with E-state index in [-0.39, 0.29) is 31.4 Å². The van der Waals surface area contributed by atoms with Crippen molar-refractivity contribution in [3.05, 3.63) is 24.3 Å². The highest BCUT2D eigenvalue weighted by Crippen LogP contribution is 2.30. The Morgan fingerprint density at radius 2 is 1.85 bits per heavy atom. The summed E-state index contributed by atoms with van der Waals surface area (Å²) < 4.78 is 10.9. The maximum Gasteiger partial charge on any atom is 0.326 e. The lowest BCUT2D eigenvalue weighted by Crippen LogP contribution is -2.43. The maximum absolute atomic E-state index is 12.5. The molecule has 0 N–H and O–H groups in total. The molecule has 0 saturated carbocycles. The van der Waals surface area contributed by atoms with Crippen molar-refractivity contribution in [2.24, 2.45) is 0 Å². The number of amides is 2. The predicted octanol–water partition coefficient (Wildman–Crippen LogP) is 2.14. The third-order valence-corrected chi connectivity index (χ3v) is 4.89. The summed E-state index contributed by atoms with van der Waals surface area (Å²) >= 11 is 0. The summed E-state index contributed by atoms with van der Waals surface area (Å²) in [5.41, 5.74) is 0.545. The van der Waals surface area contributed by atoms with Crippen LogP contribution in [0, 0.1) is 0 Å². The average molecular weight is 374 g/mol. The van der Waals surface area contributed by atoms with Gasteiger partial charge in [-0.2, -0.15) is 0 Å². The molecule has 146 valence electrons. The van der Waals surface area contributed by atoms with Gasteiger partial charge >= 0.3 is 5.97 Å². The zero-order valence-corrected chi connectivity index (χ0v) is 15.7. The number of hydrogen-bond donors (Lipinski definition) is 0. The Kier molecular flexibility index (Phi) is 6.32. The van der Waals surface area contributed by atoms with Crippen LogP contribution in [-0.2, 0) is 19.1 Å². The average Bonchev–Trinajstić information content (AvgIpc) is 3.02. The van der Waals surface area contributed by atoms with Crippen LogP contribution in [0.1, 0.15) is 39.0 Å². The highest BCUT2D eigenvalue weighted by Gasteiger charge is 2.28. The Balaban J connectivity index is 1.62. The molecule has 0 bridgehead atoms. The number of nitrogens with zero attached hydrogens (tertiary/aromatic N) is 2. The summed E-state index contributed by atoms with van der Waals surface area (Å²) in [4.78, 5) is 40.5. The quantitative estimate of drug-likeness (QED) is 0.755. The standard InChI is InChI=1S/C20H26N2O5/c1-15(20(25)21-11-6-2-3-7-12-21)27-19(24)14-22-16-8-4-5-9-17(16)26-13-10-18(22)23/h4-5,8-9,15H,2-3,6-7,10-14H2,1H3/t15-/m0/s1. The zero-order valence-electron chi connectivity index (χ0n) is 15.7. The van der Waals surface area contributed by atoms with E-state index < -0.39 is 12.1 Å². The van der Waals surface area contributed by atoms with Gasteiger partial charge in [0.15, 0.2) is 6.10 Å². The van der Waals surface area contributed by atoms with Gasteiger partial charge in [-0.05, 0) is 31.9 Å². The van der Waals surface area contributed by atoms with Gasteiger partial charge in [0.25, 0.3) is 5.91 Å². The number of benzene rings is 1. The van der Waals surface area contributed by atoms with Crippen molar-refractivity contribution in [1.82, 2.24) is 4.90 Å². The Labute approximate surface area is 159 Å². The lowest BCUT2D eigenvalue weighted by molar-refractivity contribution is -0.158. The first-order chi connectivity index (χ1) is 13.1. The van der Waals surface area contributed by atoms with Crippen molar-refractivity contribution in [2.45, 2.75) is 45.1 Å². The number of esters is 1. The molecule has 0 spiro atoms. The Bertz CT molecular complexity index is 697. The van der Waals surface area contributed by atoms with Crippen LogP contribution in [0.5, 0.6) is 5.75 Å². The molecular formula is C20H26N2O5. The molecule has 7 nitrogen and oxygen atoms in total. The highest BCUT2D eigenvalue weighted by molar-refractivity contribution is 5.99. The summed E-state index contributed by atoms with van der Waals surface area (Å²) in [5, 5.41) is 0. The Morgan fingerprint density at radius 3 is 2.59 bits per heavy atom. The summed E-state index contributed by atoms with van der Waals surface area (Å²) in [5.74, 6) is -0.417. The number of likely N-dealkylation sites (tertiary alicyclic amines) is 1. The summed E-state index contributed by atoms with van der Waals surface area (Å²) in [6.45, 7) is 3.03. The van der Waals surface area contributed by atoms with Gasteiger partial charge < -0.3 is 14.4 Å². The second kappa shape index (κ2) is 8.88. The van der Waals surface area contributed by atoms with Crippen molar-refractivity contribution in [3.8, 4) is 5.75 Å². The molecule has 1 atom stereocenters. The zero-order chi connectivity index (χ0) is 19.2. The van der Waals surface area contributed by atoms with Crippen molar-refractivity contribution in [3.63, 3.8) is 0 Å². The SMILES string of the molecule is C[C@H](OC(=O)CN1C(=O)CCOc2ccccc21)C(=O)N1CCCCCC1. The maximum atomic E-state index is 12.5. The summed E-state index contributed by atoms with van der Waals surface area (Å²) in [7, 11) is 0. The molecule has 7 heteroatoms. The molecule has 0 radical (unpaired) electrons. The van der Waals surface area contributed by atoms with Crippen LogP contribution >= 0.6 is 0 Å². The topological polar surface area (TPSA) is 76.1 Å². The van der Waals surface area contributed by atoms with Gasteiger partial charge in [-0.1, -0.05) is 25.0 Å². The van der Waals surface area contributed by atoms with Gasteiger partial charge in [0, 0.05) is 13.1 Å². The number of rotatable bonds is 4. The number of fused-ring (bicyclic) bond motifs is 1. The molecule has 2 aliphatic rings. The van der Waals surface area contributed by atoms with E-state index >= 15 is 0 Å². The van der Waals surface area contributed by atoms with Gasteiger partial charge in [-0.3, -0.25) is 19.3 Å². The number of para-hydroxylation sites is 2. The molecule has 1 fully saturated rings. The van der Waals surface area contributed by atoms with E-state index in [0.717, 1.165) is 25.7 Å². The molecular weight excluding hydrogens is 348 g/mol. The van der Waals surface area contributed by atoms with Crippen molar-refractivity contribution >= 4 is 23.5 Å². The van der Waals surface area contributed by atoms with Crippen molar-refractivity contribution < 1.29 is 23.9 Å². The normalized spacial score (nSPS) is 18.6. The van der Waals surface area contributed by atoms with Crippen LogP contribution < -0.4 is 9.64 Å². The Hall–Kier alpha value is -2.57. The van der Waals surface area contributed by atoms with E-state index in [1.807, 2.05) is 6.07 Å². The summed E-state index contributed by atoms with van der Waals surface area (Å²) in [6, 6.07) is 7.09. The van der Waals surface area contributed by atoms with Gasteiger partial charge in [-0.15, -0.1) is 0 Å². The molecule has 0 aliphatic carbocycles. The molecule has 2 amide bonds. The minimum atomic E-state index is -0.857. The van der Waals surface area contributed by atoms with Crippen LogP contribution in [0.3, 0.4) is 0 Å². The number of hydrogen-bond acceptors (Lipinski definition) is 5. The van der Waals surface area contributed by atoms with Crippen LogP contribution in [0.15, 0.2) is 24.3 Å². The first-order valence-electron chi connectivity index (χ1n) is 9.56. The molecule has 1 saturated heterocycles. The van der Waals surface area contributed by atoms with E-state index in [0.29, 0.717) is 24.5 Å². The second-order valence-electron chi connectivity index (χ2n) is 6.92. The number of ether oxygens (including phenoxy) is 2. The van der Waals surface area contributed by atoms with Crippen LogP contribution in [-0.4, -0.2) is 55.0 Å². The van der Waals surface area contributed by atoms with Crippen molar-refractivity contribution in [2.75, 3.05) is 31.1 Å². The van der Waals surface area contributed by atoms with Crippen LogP contribution in [0.25, 0.3) is 0 Å². The van der Waals surface area contributed by atoms with E-state index in [2.05, 4.69) is 0 Å². The molecule has 27 heavy (non-hydrogen) atoms. The minimum Gasteiger partial charge on any atom is -0.491 e. The van der Waals surface area contributed by atoms with Gasteiger partial charge in [0.2, 0.25) is 5.91 Å². The molecule has 1 aromatic carbocycles. The van der Waals surface area contributed by atoms with Gasteiger partial charge in [0.05, 0.1) is 18.7 Å². The van der Waals surface area contributed by atoms with Gasteiger partial charge in [0.1, 0.15) is 12.3 Å². The van der Waals surface area contributed by atoms with E-state index in [9.17, 15) is 14.4 Å². The number of carbonyl (C=O) groups is 3. The third kappa shape index (κ3) is 4.78. The first-order valence-corrected chi connectivity index (χ1v) is 9.56. The Morgan fingerprint density at radius 1 is 1.15 bits per heavy atom. The largest absolute Gasteiger partial charge is 0.491 e. The van der Waals surface area contributed by atoms with E-state index in [4.69, 9.17) is 9.47 Å². The lowest BCUT2D eigenvalue weighted by atomic mass is 10.2. The lowest BCUT2D eigenvalue weighted by Gasteiger charge is -2.25. The monoisotopic (exact) mass is 374 g/mol. The van der Waals surface area contributed by atoms with Crippen LogP contribution in [0.2, 0.25) is 0 Å². The predicted molar refractivity (Wildman–Crippen MR) is 99.5 cm³/mol. The van der Waals surface area contributed by atoms with Crippen LogP contribution in [0.4, 0.5) is 5.69 Å². The fraction of sp³-hybridized carbons (Fsp3) is 0.550. The fourth-order valence-electron chi connectivity index (χ4n) is 3.46. The van der Waals surface area contributed by atoms with E-state index in [1.165, 1.54) is 4.90 Å². The summed E-state index contributed by atoms with van der Waals surface area (Å²) in [6.07, 6.45) is 3.53. The van der Waals surface area contributed by atoms with Gasteiger partial charge in [-0.25, -0.2) is 0 Å². The minimum absolute atomic E-state index is 0.170. The smallest absolute Gasteiger partial charge is 0.326 e. The molecule has 1 aromatic rings. The molecule has 2 heterocycles. The van der Waals surface area contributed by atoms with E-state index in [1.54, 1.807) is 30.0 Å². The number of carbonyl (C=O) groups excluding carboxylic acids is 3. The van der Waals surface area contributed by atoms with Crippen molar-refractivity contribution in [1.29, 1.82) is 0 Å². The molecule has 3 rings (SSSR count). The third-order valence-electron chi connectivity index (χ3n) is 4.89. The second-order valence-corrected chi connectivity index (χ2v) is 6.92. The first kappa shape index (κ1) is 19.2. The fourth-order valence-corrected chi connectivity index (χ4v) is 3.46.